The van der Waals surface area contributed by atoms with Crippen LogP contribution in [0, 0.1) is 0 Å². The average Bonchev–Trinajstić information content (AvgIpc) is 2.99. The first-order valence-corrected chi connectivity index (χ1v) is 7.43. The Morgan fingerprint density at radius 2 is 2.33 bits per heavy atom. The quantitative estimate of drug-likeness (QED) is 0.803. The molecular weight excluding hydrogens is 262 g/mol. The van der Waals surface area contributed by atoms with Crippen LogP contribution in [0.5, 0.6) is 0 Å². The molecule has 0 spiro atoms. The summed E-state index contributed by atoms with van der Waals surface area (Å²) in [6.45, 7) is 4.10. The van der Waals surface area contributed by atoms with E-state index >= 15 is 0 Å². The summed E-state index contributed by atoms with van der Waals surface area (Å²) in [5.74, 6) is 1.47. The van der Waals surface area contributed by atoms with Crippen LogP contribution in [0.3, 0.4) is 0 Å². The monoisotopic (exact) mass is 285 g/mol. The van der Waals surface area contributed by atoms with Crippen LogP contribution in [-0.4, -0.2) is 17.2 Å². The molecule has 0 saturated carbocycles. The van der Waals surface area contributed by atoms with E-state index < -0.39 is 0 Å². The van der Waals surface area contributed by atoms with Gasteiger partial charge >= 0.3 is 0 Å². The van der Waals surface area contributed by atoms with E-state index in [1.807, 2.05) is 32.2 Å². The lowest BCUT2D eigenvalue weighted by Gasteiger charge is -2.12. The highest BCUT2D eigenvalue weighted by atomic mass is 16.4. The second kappa shape index (κ2) is 7.62. The van der Waals surface area contributed by atoms with Gasteiger partial charge in [-0.3, -0.25) is 0 Å². The summed E-state index contributed by atoms with van der Waals surface area (Å²) in [7, 11) is 1.85. The summed E-state index contributed by atoms with van der Waals surface area (Å²) in [5.41, 5.74) is 2.28. The van der Waals surface area contributed by atoms with Gasteiger partial charge in [0.05, 0.1) is 5.70 Å². The van der Waals surface area contributed by atoms with Crippen molar-refractivity contribution in [3.05, 3.63) is 53.8 Å². The summed E-state index contributed by atoms with van der Waals surface area (Å²) in [5, 5.41) is 11.4. The highest BCUT2D eigenvalue weighted by Crippen LogP contribution is 2.27. The van der Waals surface area contributed by atoms with E-state index in [9.17, 15) is 0 Å². The summed E-state index contributed by atoms with van der Waals surface area (Å²) < 4.78 is 5.80. The van der Waals surface area contributed by atoms with E-state index in [2.05, 4.69) is 40.7 Å². The predicted octanol–water partition coefficient (Wildman–Crippen LogP) is 3.98. The van der Waals surface area contributed by atoms with Crippen LogP contribution < -0.4 is 5.32 Å². The predicted molar refractivity (Wildman–Crippen MR) is 85.6 cm³/mol. The molecule has 1 aliphatic carbocycles. The Hall–Kier alpha value is -2.10. The Bertz CT molecular complexity index is 579. The second-order valence-electron chi connectivity index (χ2n) is 5.20. The SMILES string of the molecule is C/C=C\C=C(/NC)c1nnc(C(C)CC2=CC=CCC2)o1. The van der Waals surface area contributed by atoms with Gasteiger partial charge in [-0.15, -0.1) is 10.2 Å². The molecule has 4 nitrogen and oxygen atoms in total. The lowest BCUT2D eigenvalue weighted by molar-refractivity contribution is 0.444. The van der Waals surface area contributed by atoms with E-state index in [4.69, 9.17) is 4.42 Å². The number of rotatable bonds is 6. The smallest absolute Gasteiger partial charge is 0.263 e. The second-order valence-corrected chi connectivity index (χ2v) is 5.20. The maximum Gasteiger partial charge on any atom is 0.263 e. The van der Waals surface area contributed by atoms with E-state index in [1.165, 1.54) is 5.57 Å². The zero-order chi connectivity index (χ0) is 15.1. The van der Waals surface area contributed by atoms with Crippen molar-refractivity contribution in [2.75, 3.05) is 7.05 Å². The molecule has 0 amide bonds. The van der Waals surface area contributed by atoms with Crippen LogP contribution in [0.4, 0.5) is 0 Å². The summed E-state index contributed by atoms with van der Waals surface area (Å²) in [6, 6.07) is 0. The molecule has 0 radical (unpaired) electrons. The Morgan fingerprint density at radius 1 is 1.48 bits per heavy atom. The third kappa shape index (κ3) is 4.18. The maximum atomic E-state index is 5.80. The van der Waals surface area contributed by atoms with Gasteiger partial charge < -0.3 is 9.73 Å². The van der Waals surface area contributed by atoms with Gasteiger partial charge in [0, 0.05) is 13.0 Å². The zero-order valence-corrected chi connectivity index (χ0v) is 13.0. The third-order valence-corrected chi connectivity index (χ3v) is 3.49. The van der Waals surface area contributed by atoms with E-state index in [1.54, 1.807) is 0 Å². The number of hydrogen-bond acceptors (Lipinski definition) is 4. The standard InChI is InChI=1S/C17H23N3O/c1-4-5-11-15(18-3)17-20-19-16(21-17)13(2)12-14-9-7-6-8-10-14/h4-7,9,11,13,18H,8,10,12H2,1-3H3/b5-4-,15-11-. The number of hydrogen-bond donors (Lipinski definition) is 1. The lowest BCUT2D eigenvalue weighted by atomic mass is 9.95. The van der Waals surface area contributed by atoms with Gasteiger partial charge in [-0.2, -0.15) is 0 Å². The van der Waals surface area contributed by atoms with Gasteiger partial charge in [-0.1, -0.05) is 42.9 Å². The molecule has 112 valence electrons. The molecule has 0 bridgehead atoms. The van der Waals surface area contributed by atoms with Crippen molar-refractivity contribution in [1.29, 1.82) is 0 Å². The van der Waals surface area contributed by atoms with Gasteiger partial charge in [0.15, 0.2) is 0 Å². The van der Waals surface area contributed by atoms with E-state index in [0.29, 0.717) is 11.8 Å². The van der Waals surface area contributed by atoms with Gasteiger partial charge in [0.2, 0.25) is 5.89 Å². The highest BCUT2D eigenvalue weighted by molar-refractivity contribution is 5.57. The lowest BCUT2D eigenvalue weighted by Crippen LogP contribution is -2.04. The van der Waals surface area contributed by atoms with Crippen LogP contribution in [0.25, 0.3) is 5.70 Å². The Labute approximate surface area is 126 Å². The van der Waals surface area contributed by atoms with Crippen molar-refractivity contribution >= 4 is 5.70 Å². The average molecular weight is 285 g/mol. The van der Waals surface area contributed by atoms with Crippen LogP contribution in [0.2, 0.25) is 0 Å². The Balaban J connectivity index is 2.07. The van der Waals surface area contributed by atoms with Crippen molar-refractivity contribution in [2.45, 2.75) is 39.0 Å². The van der Waals surface area contributed by atoms with Gasteiger partial charge in [-0.05, 0) is 32.3 Å². The van der Waals surface area contributed by atoms with Crippen molar-refractivity contribution < 1.29 is 4.42 Å². The van der Waals surface area contributed by atoms with E-state index in [0.717, 1.165) is 25.0 Å². The van der Waals surface area contributed by atoms with Crippen molar-refractivity contribution in [1.82, 2.24) is 15.5 Å². The summed E-state index contributed by atoms with van der Waals surface area (Å²) in [6.07, 6.45) is 15.6. The van der Waals surface area contributed by atoms with Gasteiger partial charge in [-0.25, -0.2) is 0 Å². The third-order valence-electron chi connectivity index (χ3n) is 3.49. The molecular formula is C17H23N3O. The molecule has 1 N–H and O–H groups in total. The number of nitrogens with one attached hydrogen (secondary N) is 1. The molecule has 1 atom stereocenters. The van der Waals surface area contributed by atoms with Crippen LogP contribution in [0.1, 0.15) is 50.8 Å². The first kappa shape index (κ1) is 15.3. The van der Waals surface area contributed by atoms with E-state index in [-0.39, 0.29) is 5.92 Å². The Morgan fingerprint density at radius 3 is 3.00 bits per heavy atom. The topological polar surface area (TPSA) is 51.0 Å². The molecule has 1 aromatic heterocycles. The highest BCUT2D eigenvalue weighted by Gasteiger charge is 2.17. The fourth-order valence-electron chi connectivity index (χ4n) is 2.30. The molecule has 1 aromatic rings. The largest absolute Gasteiger partial charge is 0.419 e. The first-order chi connectivity index (χ1) is 10.2. The number of allylic oxidation sites excluding steroid dienone is 7. The Kier molecular flexibility index (Phi) is 5.55. The molecule has 0 saturated heterocycles. The fraction of sp³-hybridized carbons (Fsp3) is 0.412. The minimum Gasteiger partial charge on any atom is -0.419 e. The van der Waals surface area contributed by atoms with Crippen LogP contribution in [-0.2, 0) is 0 Å². The molecule has 21 heavy (non-hydrogen) atoms. The maximum absolute atomic E-state index is 5.80. The summed E-state index contributed by atoms with van der Waals surface area (Å²) in [4.78, 5) is 0. The zero-order valence-electron chi connectivity index (χ0n) is 13.0. The van der Waals surface area contributed by atoms with Crippen molar-refractivity contribution in [2.24, 2.45) is 0 Å². The van der Waals surface area contributed by atoms with Gasteiger partial charge in [0.1, 0.15) is 0 Å². The molecule has 0 aromatic carbocycles. The molecule has 2 rings (SSSR count). The van der Waals surface area contributed by atoms with Crippen molar-refractivity contribution in [3.63, 3.8) is 0 Å². The molecule has 1 heterocycles. The molecule has 0 fully saturated rings. The minimum atomic E-state index is 0.240. The fourth-order valence-corrected chi connectivity index (χ4v) is 2.30. The number of aromatic nitrogens is 2. The molecule has 1 aliphatic rings. The minimum absolute atomic E-state index is 0.240. The molecule has 1 unspecified atom stereocenters. The molecule has 0 aliphatic heterocycles. The van der Waals surface area contributed by atoms with Crippen molar-refractivity contribution in [3.8, 4) is 0 Å². The normalized spacial score (nSPS) is 17.1. The van der Waals surface area contributed by atoms with Crippen LogP contribution in [0.15, 0.2) is 46.4 Å². The summed E-state index contributed by atoms with van der Waals surface area (Å²) >= 11 is 0. The number of nitrogens with zero attached hydrogens (tertiary/aromatic N) is 2. The molecule has 4 heteroatoms. The van der Waals surface area contributed by atoms with Crippen LogP contribution >= 0.6 is 0 Å². The van der Waals surface area contributed by atoms with Gasteiger partial charge in [0.25, 0.3) is 5.89 Å². The first-order valence-electron chi connectivity index (χ1n) is 7.43.